The molecule has 0 aromatic heterocycles. The minimum absolute atomic E-state index is 0.393. The summed E-state index contributed by atoms with van der Waals surface area (Å²) < 4.78 is 36.8. The van der Waals surface area contributed by atoms with Crippen LogP contribution in [0.5, 0.6) is 0 Å². The van der Waals surface area contributed by atoms with Crippen molar-refractivity contribution < 1.29 is 17.9 Å². The van der Waals surface area contributed by atoms with Gasteiger partial charge < -0.3 is 13.7 Å². The quantitative estimate of drug-likeness (QED) is 0.646. The molecular formula is C13H20NO4S2-. The van der Waals surface area contributed by atoms with E-state index in [1.165, 1.54) is 5.56 Å². The van der Waals surface area contributed by atoms with E-state index in [1.807, 2.05) is 6.07 Å². The van der Waals surface area contributed by atoms with Crippen molar-refractivity contribution in [2.45, 2.75) is 37.8 Å². The third-order valence-electron chi connectivity index (χ3n) is 3.14. The summed E-state index contributed by atoms with van der Waals surface area (Å²) in [4.78, 5) is 2.75. The largest absolute Gasteiger partial charge is 0.768 e. The molecule has 1 aromatic rings. The minimum Gasteiger partial charge on any atom is -0.768 e. The van der Waals surface area contributed by atoms with Gasteiger partial charge in [0.2, 0.25) is 0 Å². The Morgan fingerprint density at radius 2 is 1.95 bits per heavy atom. The van der Waals surface area contributed by atoms with Crippen molar-refractivity contribution in [2.75, 3.05) is 6.54 Å². The molecule has 2 N–H and O–H groups in total. The van der Waals surface area contributed by atoms with Crippen LogP contribution in [-0.2, 0) is 24.0 Å². The smallest absolute Gasteiger partial charge is 0.0628 e. The highest BCUT2D eigenvalue weighted by Crippen LogP contribution is 2.22. The molecule has 7 heteroatoms. The molecule has 2 rings (SSSR count). The van der Waals surface area contributed by atoms with Gasteiger partial charge in [0.05, 0.1) is 11.0 Å². The van der Waals surface area contributed by atoms with E-state index in [2.05, 4.69) is 24.6 Å². The normalized spacial score (nSPS) is 16.6. The molecule has 0 radical (unpaired) electrons. The van der Waals surface area contributed by atoms with Crippen LogP contribution in [0.3, 0.4) is 0 Å². The second-order valence-electron chi connectivity index (χ2n) is 4.82. The molecule has 0 aliphatic carbocycles. The topological polar surface area (TPSA) is 83.8 Å². The summed E-state index contributed by atoms with van der Waals surface area (Å²) in [6.07, 6.45) is 1.01. The van der Waals surface area contributed by atoms with Crippen LogP contribution in [0.4, 0.5) is 0 Å². The summed E-state index contributed by atoms with van der Waals surface area (Å²) in [5, 5.41) is 0. The number of hydrogen-bond acceptors (Lipinski definition) is 5. The molecular weight excluding hydrogens is 298 g/mol. The molecule has 20 heavy (non-hydrogen) atoms. The fourth-order valence-electron chi connectivity index (χ4n) is 2.10. The maximum Gasteiger partial charge on any atom is 0.0628 e. The second kappa shape index (κ2) is 8.02. The SMILES string of the molecule is C=S(O)O.CC(C)N1CCc2ccc(S(=O)[O-])cc2C1. The summed E-state index contributed by atoms with van der Waals surface area (Å²) in [5.41, 5.74) is 2.44. The van der Waals surface area contributed by atoms with Crippen LogP contribution in [0.1, 0.15) is 25.0 Å². The summed E-state index contributed by atoms with van der Waals surface area (Å²) in [5.74, 6) is 2.78. The van der Waals surface area contributed by atoms with Crippen LogP contribution in [0.15, 0.2) is 23.1 Å². The van der Waals surface area contributed by atoms with E-state index in [9.17, 15) is 8.76 Å². The molecule has 0 fully saturated rings. The zero-order chi connectivity index (χ0) is 15.3. The fourth-order valence-corrected chi connectivity index (χ4v) is 2.52. The van der Waals surface area contributed by atoms with Gasteiger partial charge in [0.25, 0.3) is 0 Å². The van der Waals surface area contributed by atoms with Gasteiger partial charge in [-0.05, 0) is 60.5 Å². The molecule has 0 saturated heterocycles. The summed E-state index contributed by atoms with van der Waals surface area (Å²) in [7, 11) is 0. The Morgan fingerprint density at radius 3 is 2.45 bits per heavy atom. The highest BCUT2D eigenvalue weighted by Gasteiger charge is 2.18. The van der Waals surface area contributed by atoms with Crippen molar-refractivity contribution >= 4 is 28.0 Å². The molecule has 1 atom stereocenters. The van der Waals surface area contributed by atoms with E-state index < -0.39 is 22.1 Å². The standard InChI is InChI=1S/C12H17NO2S.CH4O2S/c1-9(2)13-6-5-10-3-4-12(16(14)15)7-11(10)8-13;1-4(2)3/h3-4,7,9H,5-6,8H2,1-2H3,(H,14,15);2-3H,1H2/p-1. The lowest BCUT2D eigenvalue weighted by Crippen LogP contribution is -2.35. The van der Waals surface area contributed by atoms with Gasteiger partial charge in [0.15, 0.2) is 0 Å². The summed E-state index contributed by atoms with van der Waals surface area (Å²) in [6.45, 7) is 6.25. The molecule has 0 amide bonds. The number of rotatable bonds is 2. The van der Waals surface area contributed by atoms with Crippen LogP contribution in [0.25, 0.3) is 0 Å². The van der Waals surface area contributed by atoms with Crippen molar-refractivity contribution in [1.29, 1.82) is 0 Å². The summed E-state index contributed by atoms with van der Waals surface area (Å²) >= 11 is -3.73. The highest BCUT2D eigenvalue weighted by atomic mass is 32.2. The van der Waals surface area contributed by atoms with E-state index in [-0.39, 0.29) is 0 Å². The number of nitrogens with zero attached hydrogens (tertiary/aromatic N) is 1. The lowest BCUT2D eigenvalue weighted by atomic mass is 9.99. The molecule has 0 bridgehead atoms. The number of hydrogen-bond donors (Lipinski definition) is 2. The first kappa shape index (κ1) is 17.5. The number of fused-ring (bicyclic) bond motifs is 1. The van der Waals surface area contributed by atoms with Gasteiger partial charge in [-0.15, -0.1) is 0 Å². The third kappa shape index (κ3) is 5.43. The number of benzene rings is 1. The predicted octanol–water partition coefficient (Wildman–Crippen LogP) is 2.32. The third-order valence-corrected chi connectivity index (χ3v) is 3.78. The van der Waals surface area contributed by atoms with Crippen LogP contribution >= 0.6 is 11.0 Å². The lowest BCUT2D eigenvalue weighted by molar-refractivity contribution is 0.203. The van der Waals surface area contributed by atoms with Crippen LogP contribution in [0.2, 0.25) is 0 Å². The van der Waals surface area contributed by atoms with E-state index >= 15 is 0 Å². The fraction of sp³-hybridized carbons (Fsp3) is 0.462. The van der Waals surface area contributed by atoms with Gasteiger partial charge in [0, 0.05) is 24.0 Å². The molecule has 0 saturated carbocycles. The van der Waals surface area contributed by atoms with Gasteiger partial charge in [-0.3, -0.25) is 9.11 Å². The first-order chi connectivity index (χ1) is 9.31. The molecule has 5 nitrogen and oxygen atoms in total. The minimum atomic E-state index is -2.12. The van der Waals surface area contributed by atoms with E-state index in [1.54, 1.807) is 12.1 Å². The molecule has 1 aromatic carbocycles. The highest BCUT2D eigenvalue weighted by molar-refractivity contribution is 8.03. The molecule has 114 valence electrons. The van der Waals surface area contributed by atoms with Crippen molar-refractivity contribution in [3.8, 4) is 0 Å². The van der Waals surface area contributed by atoms with Gasteiger partial charge >= 0.3 is 0 Å². The Bertz CT molecular complexity index is 501. The second-order valence-corrected chi connectivity index (χ2v) is 6.44. The Labute approximate surface area is 124 Å². The van der Waals surface area contributed by atoms with Crippen LogP contribution in [-0.4, -0.2) is 41.2 Å². The van der Waals surface area contributed by atoms with Crippen molar-refractivity contribution in [2.24, 2.45) is 0 Å². The monoisotopic (exact) mass is 318 g/mol. The first-order valence-corrected chi connectivity index (χ1v) is 8.56. The zero-order valence-corrected chi connectivity index (χ0v) is 13.2. The zero-order valence-electron chi connectivity index (χ0n) is 11.6. The van der Waals surface area contributed by atoms with Crippen LogP contribution in [0, 0.1) is 0 Å². The molecule has 1 heterocycles. The van der Waals surface area contributed by atoms with Crippen molar-refractivity contribution in [1.82, 2.24) is 4.90 Å². The van der Waals surface area contributed by atoms with Gasteiger partial charge in [0.1, 0.15) is 0 Å². The Morgan fingerprint density at radius 1 is 1.35 bits per heavy atom. The predicted molar refractivity (Wildman–Crippen MR) is 82.8 cm³/mol. The van der Waals surface area contributed by atoms with E-state index in [0.29, 0.717) is 10.9 Å². The van der Waals surface area contributed by atoms with Crippen LogP contribution < -0.4 is 0 Å². The molecule has 1 aliphatic heterocycles. The van der Waals surface area contributed by atoms with E-state index in [0.717, 1.165) is 25.1 Å². The Kier molecular flexibility index (Phi) is 7.01. The van der Waals surface area contributed by atoms with Gasteiger partial charge in [-0.1, -0.05) is 6.07 Å². The summed E-state index contributed by atoms with van der Waals surface area (Å²) in [6, 6.07) is 5.94. The lowest BCUT2D eigenvalue weighted by Gasteiger charge is -2.32. The Balaban J connectivity index is 0.000000444. The average Bonchev–Trinajstić information content (AvgIpc) is 2.36. The maximum atomic E-state index is 10.9. The Hall–Kier alpha value is -0.570. The van der Waals surface area contributed by atoms with Crippen molar-refractivity contribution in [3.05, 3.63) is 29.3 Å². The first-order valence-electron chi connectivity index (χ1n) is 6.18. The maximum absolute atomic E-state index is 10.9. The van der Waals surface area contributed by atoms with Gasteiger partial charge in [-0.25, -0.2) is 0 Å². The van der Waals surface area contributed by atoms with E-state index in [4.69, 9.17) is 9.11 Å². The molecule has 0 spiro atoms. The molecule has 1 aliphatic rings. The van der Waals surface area contributed by atoms with Crippen molar-refractivity contribution in [3.63, 3.8) is 0 Å². The molecule has 1 unspecified atom stereocenters. The average molecular weight is 318 g/mol. The van der Waals surface area contributed by atoms with Gasteiger partial charge in [-0.2, -0.15) is 0 Å².